The van der Waals surface area contributed by atoms with Crippen LogP contribution in [0.4, 0.5) is 17.1 Å². The number of nitrogens with zero attached hydrogens (tertiary/aromatic N) is 1. The molecule has 0 radical (unpaired) electrons. The van der Waals surface area contributed by atoms with Crippen LogP contribution in [-0.2, 0) is 5.41 Å². The number of hydrogen-bond donors (Lipinski definition) is 0. The van der Waals surface area contributed by atoms with E-state index in [1.54, 1.807) is 0 Å². The highest BCUT2D eigenvalue weighted by molar-refractivity contribution is 6.21. The minimum Gasteiger partial charge on any atom is -0.453 e. The lowest BCUT2D eigenvalue weighted by Gasteiger charge is -2.32. The first-order valence-electron chi connectivity index (χ1n) is 22.3. The van der Waals surface area contributed by atoms with Crippen LogP contribution in [0.25, 0.3) is 87.6 Å². The number of benzene rings is 11. The SMILES string of the molecule is Cc1ccccc1-c1cccc2c1oc1c(N(c3ccccc3)c3ccc4cc5c(cc4c3)C3(c4ccccc4-c4ccccc43)c3c-5c4ccccc4c4ccccc34)cccc12. The summed E-state index contributed by atoms with van der Waals surface area (Å²) in [4.78, 5) is 2.37. The van der Waals surface area contributed by atoms with Crippen molar-refractivity contribution in [1.82, 2.24) is 0 Å². The number of para-hydroxylation sites is 3. The molecule has 0 amide bonds. The summed E-state index contributed by atoms with van der Waals surface area (Å²) >= 11 is 0. The Labute approximate surface area is 370 Å². The Morgan fingerprint density at radius 3 is 1.69 bits per heavy atom. The Balaban J connectivity index is 1.05. The van der Waals surface area contributed by atoms with Crippen LogP contribution in [-0.4, -0.2) is 0 Å². The quantitative estimate of drug-likeness (QED) is 0.165. The number of fused-ring (bicyclic) bond motifs is 19. The van der Waals surface area contributed by atoms with Crippen LogP contribution in [0.3, 0.4) is 0 Å². The third-order valence-corrected chi connectivity index (χ3v) is 14.3. The maximum Gasteiger partial charge on any atom is 0.159 e. The highest BCUT2D eigenvalue weighted by Crippen LogP contribution is 2.66. The third kappa shape index (κ3) is 4.64. The van der Waals surface area contributed by atoms with Crippen molar-refractivity contribution < 1.29 is 4.42 Å². The van der Waals surface area contributed by atoms with Gasteiger partial charge in [0.15, 0.2) is 5.58 Å². The Morgan fingerprint density at radius 1 is 0.359 bits per heavy atom. The number of anilines is 3. The van der Waals surface area contributed by atoms with Crippen LogP contribution in [0.1, 0.15) is 27.8 Å². The van der Waals surface area contributed by atoms with Gasteiger partial charge in [-0.15, -0.1) is 0 Å². The molecule has 2 heteroatoms. The van der Waals surface area contributed by atoms with Gasteiger partial charge in [0, 0.05) is 27.7 Å². The Hall–Kier alpha value is -8.20. The molecular formula is C62H39NO. The van der Waals surface area contributed by atoms with Crippen molar-refractivity contribution in [2.24, 2.45) is 0 Å². The van der Waals surface area contributed by atoms with E-state index in [4.69, 9.17) is 4.42 Å². The first-order chi connectivity index (χ1) is 31.7. The zero-order valence-electron chi connectivity index (χ0n) is 35.1. The van der Waals surface area contributed by atoms with Gasteiger partial charge >= 0.3 is 0 Å². The molecule has 1 spiro atoms. The fraction of sp³-hybridized carbons (Fsp3) is 0.0323. The highest BCUT2D eigenvalue weighted by Gasteiger charge is 2.53. The van der Waals surface area contributed by atoms with Gasteiger partial charge in [-0.25, -0.2) is 0 Å². The van der Waals surface area contributed by atoms with E-state index in [1.165, 1.54) is 88.0 Å². The second-order valence-electron chi connectivity index (χ2n) is 17.5. The molecule has 0 fully saturated rings. The van der Waals surface area contributed by atoms with Crippen molar-refractivity contribution in [1.29, 1.82) is 0 Å². The molecular weight excluding hydrogens is 775 g/mol. The molecule has 64 heavy (non-hydrogen) atoms. The van der Waals surface area contributed by atoms with E-state index in [0.717, 1.165) is 44.6 Å². The van der Waals surface area contributed by atoms with Gasteiger partial charge in [-0.2, -0.15) is 0 Å². The third-order valence-electron chi connectivity index (χ3n) is 14.3. The van der Waals surface area contributed by atoms with Crippen molar-refractivity contribution in [2.75, 3.05) is 4.90 Å². The number of rotatable bonds is 4. The number of furan rings is 1. The smallest absolute Gasteiger partial charge is 0.159 e. The second-order valence-corrected chi connectivity index (χ2v) is 17.5. The topological polar surface area (TPSA) is 16.4 Å². The summed E-state index contributed by atoms with van der Waals surface area (Å²) in [5.41, 5.74) is 18.6. The van der Waals surface area contributed by atoms with E-state index >= 15 is 0 Å². The molecule has 0 unspecified atom stereocenters. The molecule has 14 rings (SSSR count). The summed E-state index contributed by atoms with van der Waals surface area (Å²) in [5.74, 6) is 0. The average molecular weight is 814 g/mol. The van der Waals surface area contributed by atoms with Crippen LogP contribution in [0.5, 0.6) is 0 Å². The fourth-order valence-electron chi connectivity index (χ4n) is 11.8. The molecule has 298 valence electrons. The second kappa shape index (κ2) is 13.2. The molecule has 2 aliphatic carbocycles. The van der Waals surface area contributed by atoms with Crippen molar-refractivity contribution in [3.05, 3.63) is 246 Å². The van der Waals surface area contributed by atoms with Gasteiger partial charge in [0.2, 0.25) is 0 Å². The molecule has 1 aromatic heterocycles. The lowest BCUT2D eigenvalue weighted by atomic mass is 9.69. The van der Waals surface area contributed by atoms with Gasteiger partial charge in [-0.05, 0) is 137 Å². The summed E-state index contributed by atoms with van der Waals surface area (Å²) in [5, 5.41) is 9.80. The molecule has 12 aromatic rings. The largest absolute Gasteiger partial charge is 0.453 e. The van der Waals surface area contributed by atoms with Gasteiger partial charge in [-0.3, -0.25) is 0 Å². The Kier molecular flexibility index (Phi) is 7.28. The predicted molar refractivity (Wildman–Crippen MR) is 267 cm³/mol. The van der Waals surface area contributed by atoms with E-state index in [9.17, 15) is 0 Å². The monoisotopic (exact) mass is 813 g/mol. The summed E-state index contributed by atoms with van der Waals surface area (Å²) in [6.45, 7) is 2.17. The van der Waals surface area contributed by atoms with Crippen LogP contribution >= 0.6 is 0 Å². The maximum atomic E-state index is 7.09. The minimum atomic E-state index is -0.514. The summed E-state index contributed by atoms with van der Waals surface area (Å²) in [7, 11) is 0. The van der Waals surface area contributed by atoms with Crippen LogP contribution in [0, 0.1) is 6.92 Å². The predicted octanol–water partition coefficient (Wildman–Crippen LogP) is 16.8. The highest BCUT2D eigenvalue weighted by atomic mass is 16.3. The molecule has 11 aromatic carbocycles. The van der Waals surface area contributed by atoms with Gasteiger partial charge in [0.1, 0.15) is 5.58 Å². The van der Waals surface area contributed by atoms with E-state index in [1.807, 2.05) is 0 Å². The first-order valence-corrected chi connectivity index (χ1v) is 22.3. The summed E-state index contributed by atoms with van der Waals surface area (Å²) in [6.07, 6.45) is 0. The molecule has 0 aliphatic heterocycles. The van der Waals surface area contributed by atoms with Crippen molar-refractivity contribution in [3.8, 4) is 33.4 Å². The van der Waals surface area contributed by atoms with E-state index < -0.39 is 5.41 Å². The molecule has 2 nitrogen and oxygen atoms in total. The summed E-state index contributed by atoms with van der Waals surface area (Å²) in [6, 6.07) is 80.7. The van der Waals surface area contributed by atoms with E-state index in [-0.39, 0.29) is 0 Å². The number of aryl methyl sites for hydroxylation is 1. The van der Waals surface area contributed by atoms with Crippen molar-refractivity contribution in [2.45, 2.75) is 12.3 Å². The minimum absolute atomic E-state index is 0.514. The fourth-order valence-corrected chi connectivity index (χ4v) is 11.8. The Morgan fingerprint density at radius 2 is 0.938 bits per heavy atom. The normalized spacial score (nSPS) is 13.2. The van der Waals surface area contributed by atoms with Gasteiger partial charge in [0.05, 0.1) is 11.1 Å². The molecule has 1 heterocycles. The molecule has 0 saturated carbocycles. The Bertz CT molecular complexity index is 3880. The summed E-state index contributed by atoms with van der Waals surface area (Å²) < 4.78 is 7.09. The molecule has 0 bridgehead atoms. The van der Waals surface area contributed by atoms with Crippen LogP contribution in [0.15, 0.2) is 223 Å². The van der Waals surface area contributed by atoms with E-state index in [0.29, 0.717) is 0 Å². The number of hydrogen-bond acceptors (Lipinski definition) is 2. The zero-order chi connectivity index (χ0) is 42.1. The molecule has 0 N–H and O–H groups in total. The van der Waals surface area contributed by atoms with Crippen molar-refractivity contribution >= 4 is 71.3 Å². The standard InChI is InChI=1S/C62H39NO/c1-38-17-5-6-20-43(38)50-27-15-28-51-52-29-16-32-57(61(52)64-60(50)51)63(41-18-3-2-4-19-41)42-34-33-39-36-53-56(37-40(39)35-42)62(54-30-13-11-23-46(54)47-24-12-14-31-55(47)62)59-49-26-10-8-22-45(49)44-21-7-9-25-48(44)58(53)59/h2-37H,1H3. The zero-order valence-corrected chi connectivity index (χ0v) is 35.1. The van der Waals surface area contributed by atoms with Crippen molar-refractivity contribution in [3.63, 3.8) is 0 Å². The molecule has 0 atom stereocenters. The lowest BCUT2D eigenvalue weighted by Crippen LogP contribution is -2.26. The average Bonchev–Trinajstić information content (AvgIpc) is 3.99. The van der Waals surface area contributed by atoms with Crippen LogP contribution in [0.2, 0.25) is 0 Å². The van der Waals surface area contributed by atoms with E-state index in [2.05, 4.69) is 230 Å². The van der Waals surface area contributed by atoms with Gasteiger partial charge in [-0.1, -0.05) is 176 Å². The maximum absolute atomic E-state index is 7.09. The first kappa shape index (κ1) is 35.4. The van der Waals surface area contributed by atoms with Gasteiger partial charge < -0.3 is 9.32 Å². The molecule has 2 aliphatic rings. The molecule has 0 saturated heterocycles. The lowest BCUT2D eigenvalue weighted by molar-refractivity contribution is 0.670. The van der Waals surface area contributed by atoms with Gasteiger partial charge in [0.25, 0.3) is 0 Å². The van der Waals surface area contributed by atoms with Crippen LogP contribution < -0.4 is 4.90 Å².